The van der Waals surface area contributed by atoms with Crippen LogP contribution in [0.4, 0.5) is 10.5 Å². The molecule has 8 heteroatoms. The molecular formula is C20H15IN4O2S. The second kappa shape index (κ2) is 9.34. The molecule has 0 spiro atoms. The minimum absolute atomic E-state index is 0.493. The molecule has 6 nitrogen and oxygen atoms in total. The van der Waals surface area contributed by atoms with E-state index in [1.807, 2.05) is 63.8 Å². The number of hydrogen-bond donors (Lipinski definition) is 2. The van der Waals surface area contributed by atoms with E-state index in [1.54, 1.807) is 35.6 Å². The lowest BCUT2D eigenvalue weighted by atomic mass is 10.3. The lowest BCUT2D eigenvalue weighted by Gasteiger charge is -2.20. The zero-order valence-electron chi connectivity index (χ0n) is 14.5. The number of aromatic nitrogens is 3. The van der Waals surface area contributed by atoms with Crippen molar-refractivity contribution in [3.63, 3.8) is 0 Å². The number of halogens is 1. The molecule has 0 aliphatic rings. The molecule has 4 rings (SSSR count). The molecule has 1 atom stereocenters. The average Bonchev–Trinajstić information content (AvgIpc) is 3.38. The van der Waals surface area contributed by atoms with E-state index < -0.39 is 10.1 Å². The van der Waals surface area contributed by atoms with Gasteiger partial charge in [-0.25, -0.2) is 14.8 Å². The predicted octanol–water partition coefficient (Wildman–Crippen LogP) is 5.25. The van der Waals surface area contributed by atoms with Crippen molar-refractivity contribution < 1.29 is 9.90 Å². The van der Waals surface area contributed by atoms with Gasteiger partial charge in [-0.05, 0) is 46.9 Å². The summed E-state index contributed by atoms with van der Waals surface area (Å²) < 4.78 is -0.493. The number of terminal acetylenes is 1. The number of nitrogens with one attached hydrogen (secondary N) is 1. The number of thiazole rings is 1. The van der Waals surface area contributed by atoms with Gasteiger partial charge in [0.15, 0.2) is 9.87 Å². The van der Waals surface area contributed by atoms with Gasteiger partial charge in [0.1, 0.15) is 5.69 Å². The van der Waals surface area contributed by atoms with E-state index in [4.69, 9.17) is 11.5 Å². The summed E-state index contributed by atoms with van der Waals surface area (Å²) in [6, 6.07) is 16.7. The van der Waals surface area contributed by atoms with Gasteiger partial charge in [-0.15, -0.1) is 17.8 Å². The van der Waals surface area contributed by atoms with Crippen LogP contribution >= 0.6 is 33.9 Å². The molecule has 0 saturated carbocycles. The number of alkyl halides is 1. The zero-order chi connectivity index (χ0) is 19.9. The predicted molar refractivity (Wildman–Crippen MR) is 121 cm³/mol. The third-order valence-corrected chi connectivity index (χ3v) is 5.17. The Morgan fingerprint density at radius 2 is 1.93 bits per heavy atom. The number of aromatic amines is 1. The minimum atomic E-state index is -1.05. The van der Waals surface area contributed by atoms with Gasteiger partial charge < -0.3 is 10.1 Å². The molecule has 2 N–H and O–H groups in total. The number of para-hydroxylation sites is 3. The quantitative estimate of drug-likeness (QED) is 0.174. The summed E-state index contributed by atoms with van der Waals surface area (Å²) in [5.74, 6) is 3.22. The first kappa shape index (κ1) is 19.9. The monoisotopic (exact) mass is 502 g/mol. The van der Waals surface area contributed by atoms with Gasteiger partial charge in [0.2, 0.25) is 0 Å². The van der Waals surface area contributed by atoms with E-state index in [0.29, 0.717) is 5.69 Å². The number of amides is 1. The Labute approximate surface area is 179 Å². The fourth-order valence-electron chi connectivity index (χ4n) is 2.40. The van der Waals surface area contributed by atoms with Crippen molar-refractivity contribution in [3.8, 4) is 23.9 Å². The van der Waals surface area contributed by atoms with Crippen molar-refractivity contribution >= 4 is 56.7 Å². The maximum Gasteiger partial charge on any atom is 0.413 e. The van der Waals surface area contributed by atoms with Crippen LogP contribution in [0.15, 0.2) is 65.5 Å². The van der Waals surface area contributed by atoms with Crippen LogP contribution in [0.2, 0.25) is 0 Å². The highest BCUT2D eigenvalue weighted by atomic mass is 127. The molecule has 1 amide bonds. The molecule has 0 aliphatic heterocycles. The number of anilines is 1. The van der Waals surface area contributed by atoms with Crippen molar-refractivity contribution in [3.05, 3.63) is 65.5 Å². The number of benzene rings is 2. The Balaban J connectivity index is 0.000000161. The number of imidazole rings is 1. The molecule has 2 heterocycles. The van der Waals surface area contributed by atoms with Crippen LogP contribution in [-0.2, 0) is 0 Å². The summed E-state index contributed by atoms with van der Waals surface area (Å²) >= 11 is 3.47. The number of nitrogens with zero attached hydrogens (tertiary/aromatic N) is 3. The maximum absolute atomic E-state index is 10.9. The smallest absolute Gasteiger partial charge is 0.413 e. The molecule has 0 radical (unpaired) electrons. The molecule has 4 aromatic rings. The number of hydrogen-bond acceptors (Lipinski definition) is 4. The largest absolute Gasteiger partial charge is 0.465 e. The number of carboxylic acid groups (broad SMARTS) is 1. The first-order valence-corrected chi connectivity index (χ1v) is 10.3. The van der Waals surface area contributed by atoms with Crippen LogP contribution in [0.5, 0.6) is 0 Å². The minimum Gasteiger partial charge on any atom is -0.465 e. The van der Waals surface area contributed by atoms with Crippen molar-refractivity contribution in [2.45, 2.75) is 4.05 Å². The van der Waals surface area contributed by atoms with Gasteiger partial charge in [-0.2, -0.15) is 0 Å². The first-order valence-electron chi connectivity index (χ1n) is 8.11. The van der Waals surface area contributed by atoms with Gasteiger partial charge in [-0.3, -0.25) is 4.90 Å². The molecule has 0 bridgehead atoms. The Morgan fingerprint density at radius 1 is 1.21 bits per heavy atom. The van der Waals surface area contributed by atoms with Gasteiger partial charge in [0.05, 0.1) is 16.5 Å². The molecule has 2 aromatic carbocycles. The highest BCUT2D eigenvalue weighted by molar-refractivity contribution is 14.1. The number of rotatable bonds is 3. The van der Waals surface area contributed by atoms with Crippen LogP contribution in [0.1, 0.15) is 0 Å². The Morgan fingerprint density at radius 3 is 2.54 bits per heavy atom. The molecule has 140 valence electrons. The second-order valence-corrected chi connectivity index (χ2v) is 7.37. The summed E-state index contributed by atoms with van der Waals surface area (Å²) in [7, 11) is 0. The van der Waals surface area contributed by atoms with Crippen molar-refractivity contribution in [1.29, 1.82) is 0 Å². The van der Waals surface area contributed by atoms with E-state index in [9.17, 15) is 4.79 Å². The summed E-state index contributed by atoms with van der Waals surface area (Å²) in [6.45, 7) is 0. The second-order valence-electron chi connectivity index (χ2n) is 5.47. The molecule has 0 saturated heterocycles. The lowest BCUT2D eigenvalue weighted by Crippen LogP contribution is -2.34. The third kappa shape index (κ3) is 4.68. The fourth-order valence-corrected chi connectivity index (χ4v) is 3.50. The van der Waals surface area contributed by atoms with Gasteiger partial charge in [0.25, 0.3) is 0 Å². The van der Waals surface area contributed by atoms with E-state index in [-0.39, 0.29) is 0 Å². The topological polar surface area (TPSA) is 82.1 Å². The van der Waals surface area contributed by atoms with Crippen LogP contribution in [0, 0.1) is 12.3 Å². The maximum atomic E-state index is 10.9. The standard InChI is InChI=1S/C10H8INO2.C10H7N3S/c1-2-9(11)12(10(13)14)8-6-4-3-5-7-8;1-2-4-8-7(3-1)12-10(13-8)9-5-14-6-11-9/h1,3-7,9H,(H,13,14);1-6H,(H,12,13). The molecule has 28 heavy (non-hydrogen) atoms. The fraction of sp³-hybridized carbons (Fsp3) is 0.0500. The summed E-state index contributed by atoms with van der Waals surface area (Å²) in [5.41, 5.74) is 5.33. The zero-order valence-corrected chi connectivity index (χ0v) is 17.5. The Bertz CT molecular complexity index is 1060. The molecule has 0 aliphatic carbocycles. The Kier molecular flexibility index (Phi) is 6.62. The van der Waals surface area contributed by atoms with Crippen LogP contribution < -0.4 is 4.90 Å². The van der Waals surface area contributed by atoms with E-state index >= 15 is 0 Å². The van der Waals surface area contributed by atoms with Crippen LogP contribution in [-0.4, -0.2) is 30.2 Å². The SMILES string of the molecule is C#CC(I)N(C(=O)O)c1ccccc1.c1ccc2[nH]c(-c3cscn3)nc2c1. The van der Waals surface area contributed by atoms with Crippen molar-refractivity contribution in [2.75, 3.05) is 4.90 Å². The summed E-state index contributed by atoms with van der Waals surface area (Å²) in [4.78, 5) is 23.9. The molecule has 2 aromatic heterocycles. The number of H-pyrrole nitrogens is 1. The normalized spacial score (nSPS) is 11.1. The summed E-state index contributed by atoms with van der Waals surface area (Å²) in [5, 5.41) is 10.9. The number of carbonyl (C=O) groups is 1. The number of fused-ring (bicyclic) bond motifs is 1. The molecule has 1 unspecified atom stereocenters. The lowest BCUT2D eigenvalue weighted by molar-refractivity contribution is 0.202. The summed E-state index contributed by atoms with van der Waals surface area (Å²) in [6.07, 6.45) is 4.14. The third-order valence-electron chi connectivity index (χ3n) is 3.67. The highest BCUT2D eigenvalue weighted by Crippen LogP contribution is 2.20. The molecular weight excluding hydrogens is 487 g/mol. The average molecular weight is 502 g/mol. The first-order chi connectivity index (χ1) is 13.6. The van der Waals surface area contributed by atoms with Gasteiger partial charge >= 0.3 is 6.09 Å². The highest BCUT2D eigenvalue weighted by Gasteiger charge is 2.20. The molecule has 0 fully saturated rings. The van der Waals surface area contributed by atoms with Crippen LogP contribution in [0.25, 0.3) is 22.6 Å². The van der Waals surface area contributed by atoms with E-state index in [0.717, 1.165) is 27.5 Å². The Hall–Kier alpha value is -2.90. The van der Waals surface area contributed by atoms with Gasteiger partial charge in [0, 0.05) is 11.1 Å². The van der Waals surface area contributed by atoms with Crippen LogP contribution in [0.3, 0.4) is 0 Å². The van der Waals surface area contributed by atoms with Crippen molar-refractivity contribution in [1.82, 2.24) is 15.0 Å². The van der Waals surface area contributed by atoms with E-state index in [2.05, 4.69) is 20.9 Å². The van der Waals surface area contributed by atoms with Crippen molar-refractivity contribution in [2.24, 2.45) is 0 Å². The van der Waals surface area contributed by atoms with Gasteiger partial charge in [-0.1, -0.05) is 36.3 Å². The van der Waals surface area contributed by atoms with E-state index in [1.165, 1.54) is 0 Å².